The lowest BCUT2D eigenvalue weighted by atomic mass is 10.2. The number of hydrogen-bond donors (Lipinski definition) is 1. The summed E-state index contributed by atoms with van der Waals surface area (Å²) in [5, 5.41) is 5.10. The van der Waals surface area contributed by atoms with Crippen molar-refractivity contribution in [2.75, 3.05) is 7.11 Å². The fourth-order valence-electron chi connectivity index (χ4n) is 1.73. The van der Waals surface area contributed by atoms with Crippen LogP contribution < -0.4 is 9.88 Å². The minimum absolute atomic E-state index is 0.0174. The van der Waals surface area contributed by atoms with Gasteiger partial charge in [0.1, 0.15) is 17.3 Å². The van der Waals surface area contributed by atoms with Crippen LogP contribution in [0.5, 0.6) is 5.75 Å². The highest BCUT2D eigenvalue weighted by Gasteiger charge is 2.18. The Morgan fingerprint density at radius 3 is 2.64 bits per heavy atom. The predicted octanol–water partition coefficient (Wildman–Crippen LogP) is 1.09. The first-order valence-corrected chi connectivity index (χ1v) is 7.74. The van der Waals surface area contributed by atoms with Crippen molar-refractivity contribution in [3.8, 4) is 5.75 Å². The van der Waals surface area contributed by atoms with E-state index in [0.717, 1.165) is 6.07 Å². The largest absolute Gasteiger partial charge is 0.495 e. The maximum Gasteiger partial charge on any atom is 0.338 e. The average Bonchev–Trinajstić information content (AvgIpc) is 2.52. The first-order valence-electron chi connectivity index (χ1n) is 6.19. The molecule has 0 aliphatic heterocycles. The van der Waals surface area contributed by atoms with E-state index in [1.54, 1.807) is 24.4 Å². The molecule has 0 amide bonds. The van der Waals surface area contributed by atoms with Crippen LogP contribution in [-0.2, 0) is 21.4 Å². The van der Waals surface area contributed by atoms with Gasteiger partial charge in [-0.2, -0.15) is 0 Å². The predicted molar refractivity (Wildman–Crippen MR) is 77.7 cm³/mol. The van der Waals surface area contributed by atoms with E-state index in [0.29, 0.717) is 5.69 Å². The Bertz CT molecular complexity index is 775. The summed E-state index contributed by atoms with van der Waals surface area (Å²) in [5.74, 6) is -0.623. The van der Waals surface area contributed by atoms with Gasteiger partial charge in [-0.05, 0) is 30.3 Å². The summed E-state index contributed by atoms with van der Waals surface area (Å²) in [5.41, 5.74) is 0.636. The molecule has 1 aromatic carbocycles. The van der Waals surface area contributed by atoms with Crippen LogP contribution in [-0.4, -0.2) is 26.5 Å². The lowest BCUT2D eigenvalue weighted by Gasteiger charge is -2.09. The molecular weight excluding hydrogens is 308 g/mol. The van der Waals surface area contributed by atoms with E-state index >= 15 is 0 Å². The number of hydrogen-bond acceptors (Lipinski definition) is 6. The minimum atomic E-state index is -4.01. The molecule has 2 rings (SSSR count). The number of nitrogens with zero attached hydrogens (tertiary/aromatic N) is 1. The summed E-state index contributed by atoms with van der Waals surface area (Å²) in [4.78, 5) is 15.7. The molecule has 2 N–H and O–H groups in total. The maximum atomic E-state index is 12.0. The normalized spacial score (nSPS) is 11.0. The molecule has 0 unspecified atom stereocenters. The van der Waals surface area contributed by atoms with Crippen molar-refractivity contribution in [2.45, 2.75) is 11.5 Å². The number of esters is 1. The lowest BCUT2D eigenvalue weighted by Crippen LogP contribution is -2.15. The summed E-state index contributed by atoms with van der Waals surface area (Å²) in [6.07, 6.45) is 1.58. The molecule has 0 fully saturated rings. The number of ether oxygens (including phenoxy) is 2. The Morgan fingerprint density at radius 1 is 1.27 bits per heavy atom. The van der Waals surface area contributed by atoms with Gasteiger partial charge in [-0.1, -0.05) is 6.07 Å². The highest BCUT2D eigenvalue weighted by molar-refractivity contribution is 7.89. The van der Waals surface area contributed by atoms with E-state index in [1.165, 1.54) is 19.2 Å². The van der Waals surface area contributed by atoms with Crippen molar-refractivity contribution in [1.82, 2.24) is 4.98 Å². The Labute approximate surface area is 127 Å². The standard InChI is InChI=1S/C14H14N2O5S/c1-20-12-6-5-10(8-13(12)22(15,18)19)14(17)21-9-11-4-2-3-7-16-11/h2-8H,9H2,1H3,(H2,15,18,19). The van der Waals surface area contributed by atoms with Crippen LogP contribution in [0.15, 0.2) is 47.5 Å². The zero-order valence-corrected chi connectivity index (χ0v) is 12.5. The lowest BCUT2D eigenvalue weighted by molar-refractivity contribution is 0.0467. The van der Waals surface area contributed by atoms with Gasteiger partial charge in [-0.3, -0.25) is 4.98 Å². The van der Waals surface area contributed by atoms with Gasteiger partial charge in [0.25, 0.3) is 0 Å². The van der Waals surface area contributed by atoms with Gasteiger partial charge in [0, 0.05) is 6.20 Å². The van der Waals surface area contributed by atoms with Gasteiger partial charge < -0.3 is 9.47 Å². The number of rotatable bonds is 5. The monoisotopic (exact) mass is 322 g/mol. The second-order valence-corrected chi connectivity index (χ2v) is 5.84. The summed E-state index contributed by atoms with van der Waals surface area (Å²) in [7, 11) is -2.71. The van der Waals surface area contributed by atoms with Gasteiger partial charge in [0.05, 0.1) is 18.4 Å². The fraction of sp³-hybridized carbons (Fsp3) is 0.143. The minimum Gasteiger partial charge on any atom is -0.495 e. The van der Waals surface area contributed by atoms with E-state index in [-0.39, 0.29) is 22.8 Å². The number of carbonyl (C=O) groups excluding carboxylic acids is 1. The molecule has 0 atom stereocenters. The Kier molecular flexibility index (Phi) is 4.74. The maximum absolute atomic E-state index is 12.0. The fourth-order valence-corrected chi connectivity index (χ4v) is 2.46. The molecule has 0 radical (unpaired) electrons. The second kappa shape index (κ2) is 6.54. The Balaban J connectivity index is 2.20. The van der Waals surface area contributed by atoms with E-state index in [2.05, 4.69) is 4.98 Å². The van der Waals surface area contributed by atoms with Gasteiger partial charge >= 0.3 is 5.97 Å². The first kappa shape index (κ1) is 15.9. The van der Waals surface area contributed by atoms with Crippen LogP contribution in [0.1, 0.15) is 16.1 Å². The zero-order chi connectivity index (χ0) is 16.2. The average molecular weight is 322 g/mol. The number of pyridine rings is 1. The Hall–Kier alpha value is -2.45. The molecule has 0 saturated heterocycles. The summed E-state index contributed by atoms with van der Waals surface area (Å²) in [6, 6.07) is 9.08. The van der Waals surface area contributed by atoms with Gasteiger partial charge in [0.15, 0.2) is 0 Å². The number of sulfonamides is 1. The van der Waals surface area contributed by atoms with Crippen LogP contribution in [0, 0.1) is 0 Å². The number of methoxy groups -OCH3 is 1. The number of benzene rings is 1. The van der Waals surface area contributed by atoms with E-state index in [9.17, 15) is 13.2 Å². The van der Waals surface area contributed by atoms with Crippen molar-refractivity contribution in [2.24, 2.45) is 5.14 Å². The molecular formula is C14H14N2O5S. The van der Waals surface area contributed by atoms with Crippen LogP contribution in [0.25, 0.3) is 0 Å². The SMILES string of the molecule is COc1ccc(C(=O)OCc2ccccn2)cc1S(N)(=O)=O. The molecule has 0 aliphatic rings. The van der Waals surface area contributed by atoms with Crippen LogP contribution in [0.2, 0.25) is 0 Å². The molecule has 0 aliphatic carbocycles. The topological polar surface area (TPSA) is 109 Å². The molecule has 1 aromatic heterocycles. The third-order valence-corrected chi connectivity index (χ3v) is 3.72. The summed E-state index contributed by atoms with van der Waals surface area (Å²) >= 11 is 0. The highest BCUT2D eigenvalue weighted by atomic mass is 32.2. The van der Waals surface area contributed by atoms with Crippen molar-refractivity contribution in [3.05, 3.63) is 53.9 Å². The van der Waals surface area contributed by atoms with Gasteiger partial charge in [-0.15, -0.1) is 0 Å². The van der Waals surface area contributed by atoms with E-state index < -0.39 is 16.0 Å². The molecule has 1 heterocycles. The summed E-state index contributed by atoms with van der Waals surface area (Å²) in [6.45, 7) is -0.0174. The summed E-state index contributed by atoms with van der Waals surface area (Å²) < 4.78 is 33.0. The number of nitrogens with two attached hydrogens (primary N) is 1. The molecule has 116 valence electrons. The van der Waals surface area contributed by atoms with Crippen LogP contribution in [0.3, 0.4) is 0 Å². The van der Waals surface area contributed by atoms with Crippen molar-refractivity contribution in [3.63, 3.8) is 0 Å². The zero-order valence-electron chi connectivity index (χ0n) is 11.7. The molecule has 8 heteroatoms. The van der Waals surface area contributed by atoms with Crippen LogP contribution >= 0.6 is 0 Å². The number of carbonyl (C=O) groups is 1. The molecule has 22 heavy (non-hydrogen) atoms. The Morgan fingerprint density at radius 2 is 2.05 bits per heavy atom. The molecule has 2 aromatic rings. The number of aromatic nitrogens is 1. The third-order valence-electron chi connectivity index (χ3n) is 2.78. The quantitative estimate of drug-likeness (QED) is 0.826. The highest BCUT2D eigenvalue weighted by Crippen LogP contribution is 2.24. The third kappa shape index (κ3) is 3.80. The van der Waals surface area contributed by atoms with E-state index in [4.69, 9.17) is 14.6 Å². The number of primary sulfonamides is 1. The molecule has 0 spiro atoms. The van der Waals surface area contributed by atoms with Gasteiger partial charge in [0.2, 0.25) is 10.0 Å². The van der Waals surface area contributed by atoms with Gasteiger partial charge in [-0.25, -0.2) is 18.4 Å². The molecule has 0 bridgehead atoms. The van der Waals surface area contributed by atoms with Crippen molar-refractivity contribution >= 4 is 16.0 Å². The first-order chi connectivity index (χ1) is 10.4. The molecule has 0 saturated carbocycles. The molecule has 7 nitrogen and oxygen atoms in total. The van der Waals surface area contributed by atoms with Crippen molar-refractivity contribution in [1.29, 1.82) is 0 Å². The smallest absolute Gasteiger partial charge is 0.338 e. The van der Waals surface area contributed by atoms with E-state index in [1.807, 2.05) is 0 Å². The second-order valence-electron chi connectivity index (χ2n) is 4.31. The van der Waals surface area contributed by atoms with Crippen molar-refractivity contribution < 1.29 is 22.7 Å². The van der Waals surface area contributed by atoms with Crippen LogP contribution in [0.4, 0.5) is 0 Å².